The summed E-state index contributed by atoms with van der Waals surface area (Å²) in [6.07, 6.45) is 9.83. The summed E-state index contributed by atoms with van der Waals surface area (Å²) in [5.74, 6) is 0. The van der Waals surface area contributed by atoms with Crippen LogP contribution < -0.4 is 5.32 Å². The number of rotatable bonds is 1. The molecule has 0 bridgehead atoms. The number of hydrogen-bond donors (Lipinski definition) is 2. The molecule has 0 spiro atoms. The molecule has 0 aromatic carbocycles. The zero-order valence-corrected chi connectivity index (χ0v) is 8.76. The van der Waals surface area contributed by atoms with Gasteiger partial charge in [0, 0.05) is 6.04 Å². The molecule has 0 heterocycles. The van der Waals surface area contributed by atoms with Crippen LogP contribution in [-0.2, 0) is 0 Å². The summed E-state index contributed by atoms with van der Waals surface area (Å²) in [6, 6.07) is 0.332. The lowest BCUT2D eigenvalue weighted by Crippen LogP contribution is -2.37. The van der Waals surface area contributed by atoms with E-state index >= 15 is 0 Å². The van der Waals surface area contributed by atoms with Crippen molar-refractivity contribution in [3.05, 3.63) is 0 Å². The van der Waals surface area contributed by atoms with Crippen molar-refractivity contribution >= 4 is 0 Å². The molecule has 2 heteroatoms. The van der Waals surface area contributed by atoms with Gasteiger partial charge < -0.3 is 10.4 Å². The fourth-order valence-corrected chi connectivity index (χ4v) is 2.16. The molecule has 1 aliphatic carbocycles. The van der Waals surface area contributed by atoms with E-state index in [9.17, 15) is 5.11 Å². The second-order valence-corrected chi connectivity index (χ2v) is 4.16. The van der Waals surface area contributed by atoms with E-state index in [-0.39, 0.29) is 6.10 Å². The van der Waals surface area contributed by atoms with Gasteiger partial charge in [0.2, 0.25) is 0 Å². The van der Waals surface area contributed by atoms with Crippen LogP contribution in [0.4, 0.5) is 0 Å². The maximum absolute atomic E-state index is 9.83. The number of aliphatic hydroxyl groups excluding tert-OH is 1. The second kappa shape index (κ2) is 6.39. The van der Waals surface area contributed by atoms with Gasteiger partial charge in [0.05, 0.1) is 6.10 Å². The van der Waals surface area contributed by atoms with Gasteiger partial charge in [-0.05, 0) is 19.9 Å². The van der Waals surface area contributed by atoms with Gasteiger partial charge in [0.25, 0.3) is 0 Å². The summed E-state index contributed by atoms with van der Waals surface area (Å²) in [4.78, 5) is 0. The molecule has 78 valence electrons. The first kappa shape index (κ1) is 11.0. The van der Waals surface area contributed by atoms with Crippen LogP contribution in [-0.4, -0.2) is 24.3 Å². The summed E-state index contributed by atoms with van der Waals surface area (Å²) in [5.41, 5.74) is 0. The van der Waals surface area contributed by atoms with E-state index in [4.69, 9.17) is 0 Å². The smallest absolute Gasteiger partial charge is 0.0693 e. The van der Waals surface area contributed by atoms with Gasteiger partial charge >= 0.3 is 0 Å². The van der Waals surface area contributed by atoms with Gasteiger partial charge in [-0.1, -0.05) is 38.5 Å². The van der Waals surface area contributed by atoms with Crippen molar-refractivity contribution in [2.75, 3.05) is 7.05 Å². The molecule has 13 heavy (non-hydrogen) atoms. The van der Waals surface area contributed by atoms with Gasteiger partial charge in [-0.3, -0.25) is 0 Å². The number of aliphatic hydroxyl groups is 1. The highest BCUT2D eigenvalue weighted by Crippen LogP contribution is 2.17. The van der Waals surface area contributed by atoms with Gasteiger partial charge in [0.1, 0.15) is 0 Å². The maximum Gasteiger partial charge on any atom is 0.0693 e. The lowest BCUT2D eigenvalue weighted by molar-refractivity contribution is 0.111. The minimum atomic E-state index is -0.122. The van der Waals surface area contributed by atoms with Gasteiger partial charge in [-0.25, -0.2) is 0 Å². The van der Waals surface area contributed by atoms with Crippen LogP contribution in [0.5, 0.6) is 0 Å². The first-order chi connectivity index (χ1) is 6.34. The summed E-state index contributed by atoms with van der Waals surface area (Å²) in [7, 11) is 1.96. The van der Waals surface area contributed by atoms with E-state index in [1.54, 1.807) is 0 Å². The Hall–Kier alpha value is -0.0800. The van der Waals surface area contributed by atoms with Crippen LogP contribution in [0.3, 0.4) is 0 Å². The predicted molar refractivity (Wildman–Crippen MR) is 55.8 cm³/mol. The zero-order chi connectivity index (χ0) is 9.52. The molecule has 0 saturated heterocycles. The highest BCUT2D eigenvalue weighted by atomic mass is 16.3. The second-order valence-electron chi connectivity index (χ2n) is 4.16. The molecular weight excluding hydrogens is 162 g/mol. The van der Waals surface area contributed by atoms with E-state index in [1.807, 2.05) is 7.05 Å². The van der Waals surface area contributed by atoms with E-state index < -0.39 is 0 Å². The Morgan fingerprint density at radius 1 is 0.923 bits per heavy atom. The minimum Gasteiger partial charge on any atom is -0.392 e. The molecule has 0 radical (unpaired) electrons. The zero-order valence-electron chi connectivity index (χ0n) is 8.76. The Kier molecular flexibility index (Phi) is 5.40. The van der Waals surface area contributed by atoms with Gasteiger partial charge in [-0.15, -0.1) is 0 Å². The van der Waals surface area contributed by atoms with Crippen LogP contribution >= 0.6 is 0 Å². The van der Waals surface area contributed by atoms with Crippen molar-refractivity contribution in [3.63, 3.8) is 0 Å². The van der Waals surface area contributed by atoms with Crippen molar-refractivity contribution in [2.45, 2.75) is 63.5 Å². The Morgan fingerprint density at radius 2 is 1.46 bits per heavy atom. The largest absolute Gasteiger partial charge is 0.392 e. The van der Waals surface area contributed by atoms with Crippen LogP contribution in [0.25, 0.3) is 0 Å². The average molecular weight is 185 g/mol. The Morgan fingerprint density at radius 3 is 2.08 bits per heavy atom. The van der Waals surface area contributed by atoms with E-state index in [0.717, 1.165) is 12.8 Å². The number of likely N-dealkylation sites (N-methyl/N-ethyl adjacent to an activating group) is 1. The van der Waals surface area contributed by atoms with Crippen molar-refractivity contribution < 1.29 is 5.11 Å². The third-order valence-corrected chi connectivity index (χ3v) is 3.10. The molecule has 1 fully saturated rings. The van der Waals surface area contributed by atoms with Gasteiger partial charge in [-0.2, -0.15) is 0 Å². The quantitative estimate of drug-likeness (QED) is 0.655. The number of hydrogen-bond acceptors (Lipinski definition) is 2. The molecule has 0 unspecified atom stereocenters. The van der Waals surface area contributed by atoms with Crippen molar-refractivity contribution in [2.24, 2.45) is 0 Å². The predicted octanol–water partition coefficient (Wildman–Crippen LogP) is 2.07. The minimum absolute atomic E-state index is 0.122. The molecule has 2 nitrogen and oxygen atoms in total. The molecule has 0 aliphatic heterocycles. The Bertz CT molecular complexity index is 127. The first-order valence-electron chi connectivity index (χ1n) is 5.70. The highest BCUT2D eigenvalue weighted by Gasteiger charge is 2.16. The monoisotopic (exact) mass is 185 g/mol. The van der Waals surface area contributed by atoms with Crippen LogP contribution in [0.1, 0.15) is 51.4 Å². The lowest BCUT2D eigenvalue weighted by Gasteiger charge is -2.23. The SMILES string of the molecule is CN[C@H]1CCCCCCCC[C@H]1O. The maximum atomic E-state index is 9.83. The average Bonchev–Trinajstić information content (AvgIpc) is 2.16. The molecule has 0 aromatic rings. The Balaban J connectivity index is 2.32. The molecule has 1 saturated carbocycles. The van der Waals surface area contributed by atoms with E-state index in [2.05, 4.69) is 5.32 Å². The molecule has 1 aliphatic rings. The molecule has 0 amide bonds. The fourth-order valence-electron chi connectivity index (χ4n) is 2.16. The van der Waals surface area contributed by atoms with Crippen molar-refractivity contribution in [1.82, 2.24) is 5.32 Å². The standard InChI is InChI=1S/C11H23NO/c1-12-10-8-6-4-2-3-5-7-9-11(10)13/h10-13H,2-9H2,1H3/t10-,11+/m0/s1. The molecule has 2 N–H and O–H groups in total. The van der Waals surface area contributed by atoms with Crippen LogP contribution in [0.2, 0.25) is 0 Å². The van der Waals surface area contributed by atoms with Crippen LogP contribution in [0, 0.1) is 0 Å². The molecular formula is C11H23NO. The summed E-state index contributed by atoms with van der Waals surface area (Å²) in [5, 5.41) is 13.0. The molecule has 1 rings (SSSR count). The van der Waals surface area contributed by atoms with E-state index in [0.29, 0.717) is 6.04 Å². The normalized spacial score (nSPS) is 32.8. The van der Waals surface area contributed by atoms with Gasteiger partial charge in [0.15, 0.2) is 0 Å². The summed E-state index contributed by atoms with van der Waals surface area (Å²) < 4.78 is 0. The fraction of sp³-hybridized carbons (Fsp3) is 1.00. The lowest BCUT2D eigenvalue weighted by atomic mass is 9.95. The van der Waals surface area contributed by atoms with Crippen molar-refractivity contribution in [3.8, 4) is 0 Å². The Labute approximate surface area is 81.7 Å². The molecule has 2 atom stereocenters. The molecule has 0 aromatic heterocycles. The van der Waals surface area contributed by atoms with E-state index in [1.165, 1.54) is 38.5 Å². The van der Waals surface area contributed by atoms with Crippen LogP contribution in [0.15, 0.2) is 0 Å². The third kappa shape index (κ3) is 4.10. The highest BCUT2D eigenvalue weighted by molar-refractivity contribution is 4.75. The summed E-state index contributed by atoms with van der Waals surface area (Å²) >= 11 is 0. The number of nitrogens with one attached hydrogen (secondary N) is 1. The third-order valence-electron chi connectivity index (χ3n) is 3.10. The first-order valence-corrected chi connectivity index (χ1v) is 5.70. The topological polar surface area (TPSA) is 32.3 Å². The van der Waals surface area contributed by atoms with Crippen molar-refractivity contribution in [1.29, 1.82) is 0 Å². The summed E-state index contributed by atoms with van der Waals surface area (Å²) in [6.45, 7) is 0.